The van der Waals surface area contributed by atoms with Gasteiger partial charge in [0, 0.05) is 18.7 Å². The number of hydrogen-bond donors (Lipinski definition) is 0. The number of terminal acetylenes is 1. The number of ether oxygens (including phenoxy) is 1. The standard InChI is InChI=1S/C17H15Cl2FN2O2/c1-2-8-24-14-9-11(13(20)10-12(14)18)15-16(19)21-6-4-3-5-7-22(21)17(15)23/h1,9-10H,3-8H2. The second-order valence-electron chi connectivity index (χ2n) is 5.53. The van der Waals surface area contributed by atoms with Gasteiger partial charge in [-0.25, -0.2) is 9.07 Å². The summed E-state index contributed by atoms with van der Waals surface area (Å²) in [7, 11) is 0. The fourth-order valence-corrected chi connectivity index (χ4v) is 3.44. The van der Waals surface area contributed by atoms with Crippen molar-refractivity contribution in [1.82, 2.24) is 9.36 Å². The summed E-state index contributed by atoms with van der Waals surface area (Å²) in [5, 5.41) is 0.314. The minimum atomic E-state index is -0.631. The van der Waals surface area contributed by atoms with Gasteiger partial charge in [-0.1, -0.05) is 29.1 Å². The molecule has 0 fully saturated rings. The Bertz CT molecular complexity index is 880. The average Bonchev–Trinajstić information content (AvgIpc) is 2.74. The summed E-state index contributed by atoms with van der Waals surface area (Å²) in [5.74, 6) is 1.90. The van der Waals surface area contributed by atoms with Crippen molar-refractivity contribution in [3.8, 4) is 29.2 Å². The highest BCUT2D eigenvalue weighted by Gasteiger charge is 2.24. The van der Waals surface area contributed by atoms with E-state index in [1.807, 2.05) is 0 Å². The Hall–Kier alpha value is -1.90. The number of fused-ring (bicyclic) bond motifs is 1. The Morgan fingerprint density at radius 1 is 1.21 bits per heavy atom. The molecule has 0 amide bonds. The number of halogens is 3. The molecule has 0 unspecified atom stereocenters. The van der Waals surface area contributed by atoms with Gasteiger partial charge in [0.15, 0.2) is 0 Å². The van der Waals surface area contributed by atoms with Gasteiger partial charge in [0.2, 0.25) is 0 Å². The first-order valence-corrected chi connectivity index (χ1v) is 8.35. The van der Waals surface area contributed by atoms with E-state index in [1.165, 1.54) is 6.07 Å². The molecule has 0 N–H and O–H groups in total. The van der Waals surface area contributed by atoms with Crippen molar-refractivity contribution in [2.45, 2.75) is 32.4 Å². The molecule has 1 aliphatic heterocycles. The predicted octanol–water partition coefficient (Wildman–Crippen LogP) is 3.96. The molecule has 0 atom stereocenters. The summed E-state index contributed by atoms with van der Waals surface area (Å²) in [4.78, 5) is 12.7. The summed E-state index contributed by atoms with van der Waals surface area (Å²) in [6.07, 6.45) is 8.00. The molecule has 0 bridgehead atoms. The highest BCUT2D eigenvalue weighted by Crippen LogP contribution is 2.35. The van der Waals surface area contributed by atoms with Crippen molar-refractivity contribution in [1.29, 1.82) is 0 Å². The number of aromatic nitrogens is 2. The van der Waals surface area contributed by atoms with Gasteiger partial charge in [-0.3, -0.25) is 9.48 Å². The maximum Gasteiger partial charge on any atom is 0.276 e. The van der Waals surface area contributed by atoms with Gasteiger partial charge >= 0.3 is 0 Å². The first kappa shape index (κ1) is 16.9. The van der Waals surface area contributed by atoms with Crippen LogP contribution in [0, 0.1) is 18.2 Å². The molecule has 0 radical (unpaired) electrons. The Morgan fingerprint density at radius 2 is 1.92 bits per heavy atom. The normalized spacial score (nSPS) is 13.9. The lowest BCUT2D eigenvalue weighted by Crippen LogP contribution is -2.22. The first-order chi connectivity index (χ1) is 11.5. The van der Waals surface area contributed by atoms with E-state index >= 15 is 0 Å². The van der Waals surface area contributed by atoms with Crippen LogP contribution < -0.4 is 10.3 Å². The fourth-order valence-electron chi connectivity index (χ4n) is 2.88. The molecule has 0 aliphatic carbocycles. The molecule has 1 aromatic heterocycles. The van der Waals surface area contributed by atoms with Crippen LogP contribution >= 0.6 is 23.2 Å². The summed E-state index contributed by atoms with van der Waals surface area (Å²) in [6.45, 7) is 1.18. The summed E-state index contributed by atoms with van der Waals surface area (Å²) < 4.78 is 23.0. The lowest BCUT2D eigenvalue weighted by molar-refractivity contribution is 0.370. The molecule has 24 heavy (non-hydrogen) atoms. The zero-order valence-electron chi connectivity index (χ0n) is 12.8. The van der Waals surface area contributed by atoms with Crippen LogP contribution in [0.3, 0.4) is 0 Å². The van der Waals surface area contributed by atoms with Gasteiger partial charge in [0.1, 0.15) is 23.3 Å². The minimum Gasteiger partial charge on any atom is -0.479 e. The fraction of sp³-hybridized carbons (Fsp3) is 0.353. The largest absolute Gasteiger partial charge is 0.479 e. The predicted molar refractivity (Wildman–Crippen MR) is 92.3 cm³/mol. The maximum atomic E-state index is 14.4. The zero-order valence-corrected chi connectivity index (χ0v) is 14.3. The van der Waals surface area contributed by atoms with Crippen LogP contribution in [0.25, 0.3) is 11.1 Å². The minimum absolute atomic E-state index is 0.0102. The lowest BCUT2D eigenvalue weighted by atomic mass is 10.1. The monoisotopic (exact) mass is 368 g/mol. The van der Waals surface area contributed by atoms with Crippen LogP contribution in [-0.2, 0) is 13.1 Å². The first-order valence-electron chi connectivity index (χ1n) is 7.59. The highest BCUT2D eigenvalue weighted by molar-refractivity contribution is 6.33. The second kappa shape index (κ2) is 6.92. The summed E-state index contributed by atoms with van der Waals surface area (Å²) in [6, 6.07) is 2.48. The Kier molecular flexibility index (Phi) is 4.88. The lowest BCUT2D eigenvalue weighted by Gasteiger charge is -2.09. The van der Waals surface area contributed by atoms with Crippen molar-refractivity contribution in [3.05, 3.63) is 38.5 Å². The molecule has 0 saturated carbocycles. The van der Waals surface area contributed by atoms with Crippen LogP contribution in [0.15, 0.2) is 16.9 Å². The van der Waals surface area contributed by atoms with E-state index in [9.17, 15) is 9.18 Å². The van der Waals surface area contributed by atoms with Gasteiger partial charge in [-0.15, -0.1) is 6.42 Å². The molecule has 126 valence electrons. The summed E-state index contributed by atoms with van der Waals surface area (Å²) >= 11 is 12.4. The second-order valence-corrected chi connectivity index (χ2v) is 6.30. The zero-order chi connectivity index (χ0) is 17.3. The van der Waals surface area contributed by atoms with Gasteiger partial charge in [0.05, 0.1) is 10.6 Å². The van der Waals surface area contributed by atoms with E-state index < -0.39 is 5.82 Å². The van der Waals surface area contributed by atoms with Crippen molar-refractivity contribution in [2.75, 3.05) is 6.61 Å². The van der Waals surface area contributed by atoms with Crippen LogP contribution in [0.2, 0.25) is 10.2 Å². The third kappa shape index (κ3) is 2.92. The van der Waals surface area contributed by atoms with Crippen LogP contribution in [0.4, 0.5) is 4.39 Å². The van der Waals surface area contributed by atoms with Crippen molar-refractivity contribution < 1.29 is 9.13 Å². The van der Waals surface area contributed by atoms with Crippen LogP contribution in [-0.4, -0.2) is 16.0 Å². The van der Waals surface area contributed by atoms with Crippen molar-refractivity contribution in [2.24, 2.45) is 0 Å². The molecule has 7 heteroatoms. The highest BCUT2D eigenvalue weighted by atomic mass is 35.5. The van der Waals surface area contributed by atoms with Gasteiger partial charge in [-0.2, -0.15) is 0 Å². The molecule has 2 heterocycles. The molecule has 1 aliphatic rings. The van der Waals surface area contributed by atoms with E-state index in [1.54, 1.807) is 9.36 Å². The van der Waals surface area contributed by atoms with E-state index in [4.69, 9.17) is 34.4 Å². The van der Waals surface area contributed by atoms with E-state index in [0.29, 0.717) is 13.1 Å². The molecule has 4 nitrogen and oxygen atoms in total. The molecule has 3 rings (SSSR count). The van der Waals surface area contributed by atoms with Gasteiger partial charge < -0.3 is 4.74 Å². The quantitative estimate of drug-likeness (QED) is 0.768. The van der Waals surface area contributed by atoms with E-state index in [-0.39, 0.29) is 39.2 Å². The smallest absolute Gasteiger partial charge is 0.276 e. The van der Waals surface area contributed by atoms with Gasteiger partial charge in [0.25, 0.3) is 5.56 Å². The molecule has 0 spiro atoms. The Morgan fingerprint density at radius 3 is 2.62 bits per heavy atom. The summed E-state index contributed by atoms with van der Waals surface area (Å²) in [5.41, 5.74) is -0.126. The van der Waals surface area contributed by atoms with Crippen LogP contribution in [0.1, 0.15) is 19.3 Å². The van der Waals surface area contributed by atoms with Gasteiger partial charge in [-0.05, 0) is 31.4 Å². The Balaban J connectivity index is 2.16. The number of benzene rings is 1. The third-order valence-corrected chi connectivity index (χ3v) is 4.69. The van der Waals surface area contributed by atoms with Crippen molar-refractivity contribution >= 4 is 23.2 Å². The third-order valence-electron chi connectivity index (χ3n) is 4.01. The van der Waals surface area contributed by atoms with Crippen LogP contribution in [0.5, 0.6) is 5.75 Å². The number of nitrogens with zero attached hydrogens (tertiary/aromatic N) is 2. The molecule has 2 aromatic rings. The molecule has 0 saturated heterocycles. The maximum absolute atomic E-state index is 14.4. The van der Waals surface area contributed by atoms with E-state index in [2.05, 4.69) is 5.92 Å². The number of hydrogen-bond acceptors (Lipinski definition) is 2. The molecular weight excluding hydrogens is 354 g/mol. The average molecular weight is 369 g/mol. The molecular formula is C17H15Cl2FN2O2. The number of rotatable bonds is 3. The topological polar surface area (TPSA) is 36.2 Å². The Labute approximate surface area is 148 Å². The van der Waals surface area contributed by atoms with E-state index in [0.717, 1.165) is 25.3 Å². The molecule has 1 aromatic carbocycles. The van der Waals surface area contributed by atoms with Crippen molar-refractivity contribution in [3.63, 3.8) is 0 Å². The SMILES string of the molecule is C#CCOc1cc(-c2c(Cl)n3n(c2=O)CCCCC3)c(F)cc1Cl.